The van der Waals surface area contributed by atoms with Crippen molar-refractivity contribution >= 4 is 11.8 Å². The molecule has 0 unspecified atom stereocenters. The first-order chi connectivity index (χ1) is 12.0. The second-order valence-corrected chi connectivity index (χ2v) is 7.52. The minimum Gasteiger partial charge on any atom is -0.390 e. The third kappa shape index (κ3) is 4.10. The summed E-state index contributed by atoms with van der Waals surface area (Å²) in [4.78, 5) is 27.1. The second-order valence-electron chi connectivity index (χ2n) is 7.52. The number of aliphatic hydroxyl groups is 1. The van der Waals surface area contributed by atoms with Crippen molar-refractivity contribution in [2.75, 3.05) is 19.6 Å². The van der Waals surface area contributed by atoms with Gasteiger partial charge in [-0.3, -0.25) is 19.4 Å². The van der Waals surface area contributed by atoms with Crippen LogP contribution in [0.4, 0.5) is 0 Å². The molecule has 0 bridgehead atoms. The molecular formula is C20H28N2O3. The van der Waals surface area contributed by atoms with Crippen LogP contribution in [-0.4, -0.2) is 52.5 Å². The number of rotatable bonds is 5. The van der Waals surface area contributed by atoms with Gasteiger partial charge >= 0.3 is 0 Å². The molecule has 5 nitrogen and oxygen atoms in total. The summed E-state index contributed by atoms with van der Waals surface area (Å²) in [5.74, 6) is 0.191. The normalized spacial score (nSPS) is 26.3. The monoisotopic (exact) mass is 344 g/mol. The highest BCUT2D eigenvalue weighted by atomic mass is 16.3. The van der Waals surface area contributed by atoms with Gasteiger partial charge in [-0.15, -0.1) is 0 Å². The minimum absolute atomic E-state index is 0.114. The summed E-state index contributed by atoms with van der Waals surface area (Å²) < 4.78 is 0. The van der Waals surface area contributed by atoms with Gasteiger partial charge in [0.25, 0.3) is 0 Å². The van der Waals surface area contributed by atoms with E-state index in [-0.39, 0.29) is 37.2 Å². The average molecular weight is 344 g/mol. The zero-order chi connectivity index (χ0) is 18.0. The number of aryl methyl sites for hydroxylation is 1. The van der Waals surface area contributed by atoms with Crippen LogP contribution in [0.2, 0.25) is 0 Å². The Bertz CT molecular complexity index is 612. The predicted molar refractivity (Wildman–Crippen MR) is 95.9 cm³/mol. The molecule has 1 N–H and O–H groups in total. The Hall–Kier alpha value is -1.72. The Balaban J connectivity index is 1.69. The number of carbonyl (C=O) groups excluding carboxylic acids is 2. The first-order valence-electron chi connectivity index (χ1n) is 9.27. The van der Waals surface area contributed by atoms with Gasteiger partial charge in [0.1, 0.15) is 0 Å². The quantitative estimate of drug-likeness (QED) is 0.833. The number of hydrogen-bond acceptors (Lipinski definition) is 4. The lowest BCUT2D eigenvalue weighted by molar-refractivity contribution is -0.140. The van der Waals surface area contributed by atoms with Gasteiger partial charge in [-0.05, 0) is 37.8 Å². The van der Waals surface area contributed by atoms with E-state index in [4.69, 9.17) is 0 Å². The maximum absolute atomic E-state index is 11.8. The van der Waals surface area contributed by atoms with E-state index in [9.17, 15) is 14.7 Å². The highest BCUT2D eigenvalue weighted by Gasteiger charge is 2.34. The summed E-state index contributed by atoms with van der Waals surface area (Å²) in [5.41, 5.74) is 2.52. The third-order valence-electron chi connectivity index (χ3n) is 5.45. The van der Waals surface area contributed by atoms with Crippen molar-refractivity contribution in [3.63, 3.8) is 0 Å². The van der Waals surface area contributed by atoms with Gasteiger partial charge in [0.05, 0.1) is 12.6 Å². The van der Waals surface area contributed by atoms with Gasteiger partial charge in [-0.2, -0.15) is 0 Å². The van der Waals surface area contributed by atoms with E-state index in [1.165, 1.54) is 22.4 Å². The van der Waals surface area contributed by atoms with Crippen LogP contribution in [0.15, 0.2) is 24.3 Å². The Morgan fingerprint density at radius 3 is 2.40 bits per heavy atom. The number of hydrogen-bond donors (Lipinski definition) is 1. The lowest BCUT2D eigenvalue weighted by atomic mass is 9.85. The number of carbonyl (C=O) groups is 2. The van der Waals surface area contributed by atoms with Crippen LogP contribution in [0.25, 0.3) is 0 Å². The molecule has 0 radical (unpaired) electrons. The Morgan fingerprint density at radius 1 is 1.12 bits per heavy atom. The molecule has 2 aliphatic heterocycles. The molecule has 2 aliphatic rings. The Morgan fingerprint density at radius 2 is 1.76 bits per heavy atom. The summed E-state index contributed by atoms with van der Waals surface area (Å²) in [7, 11) is 0. The molecule has 5 heteroatoms. The van der Waals surface area contributed by atoms with Crippen molar-refractivity contribution in [1.29, 1.82) is 0 Å². The largest absolute Gasteiger partial charge is 0.390 e. The molecule has 0 aromatic heterocycles. The molecule has 0 saturated carbocycles. The molecule has 3 atom stereocenters. The maximum Gasteiger partial charge on any atom is 0.229 e. The summed E-state index contributed by atoms with van der Waals surface area (Å²) in [6.07, 6.45) is 2.13. The van der Waals surface area contributed by atoms with Gasteiger partial charge in [-0.25, -0.2) is 0 Å². The van der Waals surface area contributed by atoms with Crippen molar-refractivity contribution in [2.24, 2.45) is 5.92 Å². The lowest BCUT2D eigenvalue weighted by Crippen LogP contribution is -2.46. The Kier molecular flexibility index (Phi) is 5.54. The third-order valence-corrected chi connectivity index (χ3v) is 5.45. The molecule has 0 aliphatic carbocycles. The van der Waals surface area contributed by atoms with Gasteiger partial charge in [0, 0.05) is 25.4 Å². The van der Waals surface area contributed by atoms with E-state index >= 15 is 0 Å². The second kappa shape index (κ2) is 7.67. The van der Waals surface area contributed by atoms with E-state index in [2.05, 4.69) is 43.0 Å². The highest BCUT2D eigenvalue weighted by Crippen LogP contribution is 2.36. The zero-order valence-corrected chi connectivity index (χ0v) is 15.1. The topological polar surface area (TPSA) is 60.9 Å². The van der Waals surface area contributed by atoms with E-state index in [1.54, 1.807) is 0 Å². The number of likely N-dealkylation sites (tertiary alicyclic amines) is 2. The van der Waals surface area contributed by atoms with Crippen molar-refractivity contribution in [3.8, 4) is 0 Å². The average Bonchev–Trinajstić information content (AvgIpc) is 2.88. The standard InChI is InChI=1S/C20H28N2O3/c1-14-5-7-16(8-6-14)20-15(2)4-3-11-21(20)12-17(23)13-22-18(24)9-10-19(22)25/h5-8,15,17,20,23H,3-4,9-13H2,1-2H3/t15-,17+,20+/m1/s1. The van der Waals surface area contributed by atoms with Crippen LogP contribution >= 0.6 is 0 Å². The van der Waals surface area contributed by atoms with Crippen LogP contribution in [0.1, 0.15) is 49.8 Å². The number of aliphatic hydroxyl groups excluding tert-OH is 1. The van der Waals surface area contributed by atoms with E-state index < -0.39 is 6.10 Å². The van der Waals surface area contributed by atoms with Crippen molar-refractivity contribution < 1.29 is 14.7 Å². The zero-order valence-electron chi connectivity index (χ0n) is 15.1. The number of amides is 2. The summed E-state index contributed by atoms with van der Waals surface area (Å²) >= 11 is 0. The predicted octanol–water partition coefficient (Wildman–Crippen LogP) is 2.28. The van der Waals surface area contributed by atoms with E-state index in [1.807, 2.05) is 0 Å². The number of piperidine rings is 1. The number of β-amino-alcohol motifs (C(OH)–C–C–N with tert-alkyl or cyclic N) is 1. The molecule has 2 fully saturated rings. The number of imide groups is 1. The fourth-order valence-electron chi connectivity index (χ4n) is 4.15. The van der Waals surface area contributed by atoms with Crippen LogP contribution in [-0.2, 0) is 9.59 Å². The molecule has 25 heavy (non-hydrogen) atoms. The number of nitrogens with zero attached hydrogens (tertiary/aromatic N) is 2. The summed E-state index contributed by atoms with van der Waals surface area (Å²) in [6, 6.07) is 8.89. The minimum atomic E-state index is -0.704. The molecule has 1 aromatic rings. The molecule has 0 spiro atoms. The molecule has 2 saturated heterocycles. The van der Waals surface area contributed by atoms with Crippen LogP contribution < -0.4 is 0 Å². The highest BCUT2D eigenvalue weighted by molar-refractivity contribution is 6.01. The maximum atomic E-state index is 11.8. The first kappa shape index (κ1) is 18.1. The number of benzene rings is 1. The van der Waals surface area contributed by atoms with E-state index in [0.717, 1.165) is 13.0 Å². The SMILES string of the molecule is Cc1ccc([C@@H]2[C@H](C)CCCN2C[C@H](O)CN2C(=O)CCC2=O)cc1. The smallest absolute Gasteiger partial charge is 0.229 e. The van der Waals surface area contributed by atoms with Gasteiger partial charge in [0.2, 0.25) is 11.8 Å². The molecule has 2 heterocycles. The van der Waals surface area contributed by atoms with Crippen molar-refractivity contribution in [1.82, 2.24) is 9.80 Å². The Labute approximate surface area is 149 Å². The molecular weight excluding hydrogens is 316 g/mol. The van der Waals surface area contributed by atoms with Gasteiger partial charge in [-0.1, -0.05) is 36.8 Å². The van der Waals surface area contributed by atoms with Crippen molar-refractivity contribution in [2.45, 2.75) is 51.7 Å². The lowest BCUT2D eigenvalue weighted by Gasteiger charge is -2.41. The van der Waals surface area contributed by atoms with Crippen LogP contribution in [0.5, 0.6) is 0 Å². The fraction of sp³-hybridized carbons (Fsp3) is 0.600. The molecule has 2 amide bonds. The molecule has 3 rings (SSSR count). The molecule has 136 valence electrons. The molecule has 1 aromatic carbocycles. The summed E-state index contributed by atoms with van der Waals surface area (Å²) in [6.45, 7) is 5.88. The van der Waals surface area contributed by atoms with Crippen molar-refractivity contribution in [3.05, 3.63) is 35.4 Å². The van der Waals surface area contributed by atoms with Gasteiger partial charge in [0.15, 0.2) is 0 Å². The fourth-order valence-corrected chi connectivity index (χ4v) is 4.15. The van der Waals surface area contributed by atoms with Gasteiger partial charge < -0.3 is 5.11 Å². The van der Waals surface area contributed by atoms with Crippen LogP contribution in [0, 0.1) is 12.8 Å². The van der Waals surface area contributed by atoms with Crippen LogP contribution in [0.3, 0.4) is 0 Å². The summed E-state index contributed by atoms with van der Waals surface area (Å²) in [5, 5.41) is 10.5. The van der Waals surface area contributed by atoms with E-state index in [0.29, 0.717) is 12.5 Å². The first-order valence-corrected chi connectivity index (χ1v) is 9.27.